The van der Waals surface area contributed by atoms with E-state index in [1.807, 2.05) is 5.38 Å². The number of carboxylic acid groups (broad SMARTS) is 1. The van der Waals surface area contributed by atoms with Crippen molar-refractivity contribution in [2.75, 3.05) is 6.54 Å². The number of carbonyl (C=O) groups is 2. The van der Waals surface area contributed by atoms with E-state index in [9.17, 15) is 14.7 Å². The largest absolute Gasteiger partial charge is 0.479 e. The Morgan fingerprint density at radius 3 is 2.95 bits per heavy atom. The van der Waals surface area contributed by atoms with E-state index in [1.165, 1.54) is 24.2 Å². The van der Waals surface area contributed by atoms with Crippen LogP contribution in [0.3, 0.4) is 0 Å². The van der Waals surface area contributed by atoms with Gasteiger partial charge in [0, 0.05) is 17.3 Å². The molecule has 6 heteroatoms. The van der Waals surface area contributed by atoms with Gasteiger partial charge < -0.3 is 15.7 Å². The minimum Gasteiger partial charge on any atom is -0.479 e. The number of aliphatic carboxylic acids is 1. The molecule has 2 rings (SSSR count). The molecule has 110 valence electrons. The van der Waals surface area contributed by atoms with Gasteiger partial charge in [0.2, 0.25) is 5.91 Å². The van der Waals surface area contributed by atoms with Crippen molar-refractivity contribution >= 4 is 23.2 Å². The number of piperidine rings is 1. The molecular formula is C14H20N2O3S. The summed E-state index contributed by atoms with van der Waals surface area (Å²) in [5.74, 6) is -1.21. The van der Waals surface area contributed by atoms with Crippen molar-refractivity contribution < 1.29 is 14.7 Å². The zero-order valence-corrected chi connectivity index (χ0v) is 12.1. The smallest absolute Gasteiger partial charge is 0.331 e. The summed E-state index contributed by atoms with van der Waals surface area (Å²) >= 11 is 1.34. The maximum absolute atomic E-state index is 11.9. The van der Waals surface area contributed by atoms with Gasteiger partial charge >= 0.3 is 5.97 Å². The average molecular weight is 296 g/mol. The van der Waals surface area contributed by atoms with Gasteiger partial charge in [0.15, 0.2) is 6.04 Å². The fourth-order valence-electron chi connectivity index (χ4n) is 2.42. The van der Waals surface area contributed by atoms with Crippen molar-refractivity contribution in [3.63, 3.8) is 0 Å². The minimum absolute atomic E-state index is 0.196. The molecule has 0 aromatic carbocycles. The van der Waals surface area contributed by atoms with Crippen LogP contribution in [0.15, 0.2) is 17.5 Å². The Balaban J connectivity index is 1.81. The van der Waals surface area contributed by atoms with Crippen LogP contribution in [0, 0.1) is 0 Å². The zero-order valence-electron chi connectivity index (χ0n) is 11.3. The molecule has 0 saturated carbocycles. The molecular weight excluding hydrogens is 276 g/mol. The molecule has 0 bridgehead atoms. The molecule has 0 aliphatic carbocycles. The molecule has 2 heterocycles. The molecule has 1 aliphatic heterocycles. The maximum Gasteiger partial charge on any atom is 0.331 e. The Morgan fingerprint density at radius 2 is 2.35 bits per heavy atom. The summed E-state index contributed by atoms with van der Waals surface area (Å²) in [4.78, 5) is 23.8. The number of hydrogen-bond donors (Lipinski definition) is 3. The Bertz CT molecular complexity index is 441. The molecule has 1 aromatic heterocycles. The molecule has 2 unspecified atom stereocenters. The molecule has 1 aliphatic rings. The first-order chi connectivity index (χ1) is 9.66. The van der Waals surface area contributed by atoms with Crippen molar-refractivity contribution in [1.82, 2.24) is 10.6 Å². The number of carboxylic acids is 1. The number of rotatable bonds is 6. The first kappa shape index (κ1) is 15.0. The number of hydrogen-bond acceptors (Lipinski definition) is 4. The molecule has 0 radical (unpaired) electrons. The topological polar surface area (TPSA) is 78.4 Å². The normalized spacial score (nSPS) is 20.3. The van der Waals surface area contributed by atoms with Gasteiger partial charge in [-0.25, -0.2) is 4.79 Å². The summed E-state index contributed by atoms with van der Waals surface area (Å²) in [5.41, 5.74) is 0. The fraction of sp³-hybridized carbons (Fsp3) is 0.571. The first-order valence-electron chi connectivity index (χ1n) is 6.96. The second kappa shape index (κ2) is 7.40. The predicted octanol–water partition coefficient (Wildman–Crippen LogP) is 1.91. The van der Waals surface area contributed by atoms with Crippen LogP contribution in [-0.4, -0.2) is 29.6 Å². The summed E-state index contributed by atoms with van der Waals surface area (Å²) in [6.45, 7) is 1.01. The number of amides is 1. The maximum atomic E-state index is 11.9. The third-order valence-corrected chi connectivity index (χ3v) is 4.45. The van der Waals surface area contributed by atoms with Gasteiger partial charge in [-0.15, -0.1) is 11.3 Å². The zero-order chi connectivity index (χ0) is 14.4. The van der Waals surface area contributed by atoms with Gasteiger partial charge in [-0.1, -0.05) is 12.5 Å². The third-order valence-electron chi connectivity index (χ3n) is 3.51. The Labute approximate surface area is 122 Å². The summed E-state index contributed by atoms with van der Waals surface area (Å²) in [6.07, 6.45) is 4.63. The predicted molar refractivity (Wildman–Crippen MR) is 77.7 cm³/mol. The highest BCUT2D eigenvalue weighted by Crippen LogP contribution is 2.19. The van der Waals surface area contributed by atoms with Crippen LogP contribution < -0.4 is 10.6 Å². The van der Waals surface area contributed by atoms with Crippen LogP contribution in [0.4, 0.5) is 0 Å². The van der Waals surface area contributed by atoms with E-state index < -0.39 is 12.0 Å². The average Bonchev–Trinajstić information content (AvgIpc) is 2.97. The number of carbonyl (C=O) groups excluding carboxylic acids is 1. The number of thiophene rings is 1. The summed E-state index contributed by atoms with van der Waals surface area (Å²) in [6, 6.07) is 2.97. The standard InChI is InChI=1S/C14H20N2O3S/c17-12(7-6-10-4-1-2-8-15-10)16-13(14(18)19)11-5-3-9-20-11/h3,5,9-10,13,15H,1-2,4,6-8H2,(H,16,17)(H,18,19). The van der Waals surface area contributed by atoms with Crippen LogP contribution in [0.2, 0.25) is 0 Å². The minimum atomic E-state index is -1.02. The molecule has 1 saturated heterocycles. The lowest BCUT2D eigenvalue weighted by Crippen LogP contribution is -2.37. The lowest BCUT2D eigenvalue weighted by atomic mass is 10.0. The third kappa shape index (κ3) is 4.31. The van der Waals surface area contributed by atoms with Crippen molar-refractivity contribution in [2.24, 2.45) is 0 Å². The van der Waals surface area contributed by atoms with E-state index in [4.69, 9.17) is 0 Å². The summed E-state index contributed by atoms with van der Waals surface area (Å²) in [7, 11) is 0. The van der Waals surface area contributed by atoms with Gasteiger partial charge in [-0.05, 0) is 37.3 Å². The molecule has 3 N–H and O–H groups in total. The van der Waals surface area contributed by atoms with Crippen molar-refractivity contribution in [2.45, 2.75) is 44.2 Å². The van der Waals surface area contributed by atoms with Crippen LogP contribution in [-0.2, 0) is 9.59 Å². The first-order valence-corrected chi connectivity index (χ1v) is 7.83. The molecule has 0 spiro atoms. The summed E-state index contributed by atoms with van der Waals surface area (Å²) < 4.78 is 0. The van der Waals surface area contributed by atoms with Gasteiger partial charge in [-0.3, -0.25) is 4.79 Å². The van der Waals surface area contributed by atoms with E-state index in [1.54, 1.807) is 12.1 Å². The molecule has 1 aromatic rings. The quantitative estimate of drug-likeness (QED) is 0.749. The number of nitrogens with one attached hydrogen (secondary N) is 2. The Kier molecular flexibility index (Phi) is 5.55. The Morgan fingerprint density at radius 1 is 1.50 bits per heavy atom. The molecule has 1 amide bonds. The van der Waals surface area contributed by atoms with Crippen molar-refractivity contribution in [1.29, 1.82) is 0 Å². The Hall–Kier alpha value is -1.40. The van der Waals surface area contributed by atoms with Gasteiger partial charge in [0.05, 0.1) is 0 Å². The van der Waals surface area contributed by atoms with E-state index in [0.29, 0.717) is 17.3 Å². The van der Waals surface area contributed by atoms with E-state index in [-0.39, 0.29) is 5.91 Å². The monoisotopic (exact) mass is 296 g/mol. The van der Waals surface area contributed by atoms with Crippen LogP contribution >= 0.6 is 11.3 Å². The molecule has 1 fully saturated rings. The van der Waals surface area contributed by atoms with Gasteiger partial charge in [0.25, 0.3) is 0 Å². The molecule has 2 atom stereocenters. The van der Waals surface area contributed by atoms with Gasteiger partial charge in [0.1, 0.15) is 0 Å². The molecule has 20 heavy (non-hydrogen) atoms. The highest BCUT2D eigenvalue weighted by Gasteiger charge is 2.23. The summed E-state index contributed by atoms with van der Waals surface area (Å²) in [5, 5.41) is 17.0. The van der Waals surface area contributed by atoms with Gasteiger partial charge in [-0.2, -0.15) is 0 Å². The molecule has 5 nitrogen and oxygen atoms in total. The second-order valence-corrected chi connectivity index (χ2v) is 6.02. The lowest BCUT2D eigenvalue weighted by Gasteiger charge is -2.23. The van der Waals surface area contributed by atoms with E-state index in [2.05, 4.69) is 10.6 Å². The van der Waals surface area contributed by atoms with Crippen molar-refractivity contribution in [3.05, 3.63) is 22.4 Å². The highest BCUT2D eigenvalue weighted by atomic mass is 32.1. The lowest BCUT2D eigenvalue weighted by molar-refractivity contribution is -0.142. The SMILES string of the molecule is O=C(CCC1CCCCN1)NC(C(=O)O)c1cccs1. The van der Waals surface area contributed by atoms with Crippen LogP contribution in [0.1, 0.15) is 43.0 Å². The fourth-order valence-corrected chi connectivity index (χ4v) is 3.19. The highest BCUT2D eigenvalue weighted by molar-refractivity contribution is 7.10. The van der Waals surface area contributed by atoms with Crippen molar-refractivity contribution in [3.8, 4) is 0 Å². The second-order valence-electron chi connectivity index (χ2n) is 5.04. The van der Waals surface area contributed by atoms with E-state index in [0.717, 1.165) is 19.4 Å². The van der Waals surface area contributed by atoms with Crippen LogP contribution in [0.25, 0.3) is 0 Å². The van der Waals surface area contributed by atoms with Crippen LogP contribution in [0.5, 0.6) is 0 Å². The van der Waals surface area contributed by atoms with E-state index >= 15 is 0 Å².